The Morgan fingerprint density at radius 3 is 2.25 bits per heavy atom. The van der Waals surface area contributed by atoms with Gasteiger partial charge in [0.2, 0.25) is 0 Å². The Hall–Kier alpha value is -0.0800. The van der Waals surface area contributed by atoms with Gasteiger partial charge in [0.1, 0.15) is 0 Å². The second-order valence-electron chi connectivity index (χ2n) is 6.81. The van der Waals surface area contributed by atoms with Crippen molar-refractivity contribution in [2.45, 2.75) is 46.8 Å². The summed E-state index contributed by atoms with van der Waals surface area (Å²) in [6, 6.07) is 0. The first-order valence-electron chi connectivity index (χ1n) is 6.72. The fraction of sp³-hybridized carbons (Fsp3) is 1.00. The molecule has 0 aromatic rings. The van der Waals surface area contributed by atoms with E-state index in [1.54, 1.807) is 0 Å². The third-order valence-electron chi connectivity index (χ3n) is 5.74. The minimum Gasteiger partial charge on any atom is -0.352 e. The Morgan fingerprint density at radius 1 is 1.00 bits per heavy atom. The molecule has 0 radical (unpaired) electrons. The highest BCUT2D eigenvalue weighted by molar-refractivity contribution is 5.17. The average Bonchev–Trinajstić information content (AvgIpc) is 2.80. The summed E-state index contributed by atoms with van der Waals surface area (Å²) < 4.78 is 11.6. The topological polar surface area (TPSA) is 18.5 Å². The molecule has 0 aromatic carbocycles. The SMILES string of the molecule is CC1OCC2(CO1)C(C)CCC1C2C1(C)C. The van der Waals surface area contributed by atoms with Crippen molar-refractivity contribution in [2.24, 2.45) is 28.6 Å². The first-order chi connectivity index (χ1) is 7.48. The number of hydrogen-bond acceptors (Lipinski definition) is 2. The number of rotatable bonds is 0. The van der Waals surface area contributed by atoms with Gasteiger partial charge in [-0.05, 0) is 42.9 Å². The highest BCUT2D eigenvalue weighted by Gasteiger charge is 2.69. The molecule has 2 heteroatoms. The molecule has 3 fully saturated rings. The molecule has 0 bridgehead atoms. The summed E-state index contributed by atoms with van der Waals surface area (Å²) in [5, 5.41) is 0. The van der Waals surface area contributed by atoms with E-state index < -0.39 is 0 Å². The van der Waals surface area contributed by atoms with E-state index in [2.05, 4.69) is 20.8 Å². The van der Waals surface area contributed by atoms with E-state index in [9.17, 15) is 0 Å². The van der Waals surface area contributed by atoms with Crippen molar-refractivity contribution in [1.29, 1.82) is 0 Å². The lowest BCUT2D eigenvalue weighted by Crippen LogP contribution is -2.49. The van der Waals surface area contributed by atoms with Crippen molar-refractivity contribution in [3.05, 3.63) is 0 Å². The molecule has 1 saturated heterocycles. The van der Waals surface area contributed by atoms with E-state index >= 15 is 0 Å². The number of fused-ring (bicyclic) bond motifs is 2. The normalized spacial score (nSPS) is 54.8. The van der Waals surface area contributed by atoms with Crippen LogP contribution in [0.1, 0.15) is 40.5 Å². The summed E-state index contributed by atoms with van der Waals surface area (Å²) in [6.07, 6.45) is 2.77. The fourth-order valence-corrected chi connectivity index (χ4v) is 4.55. The molecule has 16 heavy (non-hydrogen) atoms. The van der Waals surface area contributed by atoms with Crippen molar-refractivity contribution in [2.75, 3.05) is 13.2 Å². The monoisotopic (exact) mass is 224 g/mol. The van der Waals surface area contributed by atoms with Crippen LogP contribution in [0.3, 0.4) is 0 Å². The summed E-state index contributed by atoms with van der Waals surface area (Å²) in [5.41, 5.74) is 0.844. The Bertz CT molecular complexity index is 289. The van der Waals surface area contributed by atoms with Gasteiger partial charge in [0.05, 0.1) is 13.2 Å². The molecule has 2 aliphatic carbocycles. The van der Waals surface area contributed by atoms with E-state index in [0.717, 1.165) is 31.0 Å². The van der Waals surface area contributed by atoms with Crippen LogP contribution in [-0.2, 0) is 9.47 Å². The first-order valence-corrected chi connectivity index (χ1v) is 6.72. The van der Waals surface area contributed by atoms with E-state index in [1.165, 1.54) is 12.8 Å². The molecule has 1 spiro atoms. The fourth-order valence-electron chi connectivity index (χ4n) is 4.55. The van der Waals surface area contributed by atoms with Crippen LogP contribution in [0, 0.1) is 28.6 Å². The van der Waals surface area contributed by atoms with Crippen molar-refractivity contribution < 1.29 is 9.47 Å². The van der Waals surface area contributed by atoms with Crippen LogP contribution in [0.5, 0.6) is 0 Å². The quantitative estimate of drug-likeness (QED) is 0.629. The van der Waals surface area contributed by atoms with E-state index in [4.69, 9.17) is 9.47 Å². The molecule has 3 aliphatic rings. The molecule has 92 valence electrons. The summed E-state index contributed by atoms with van der Waals surface area (Å²) in [7, 11) is 0. The van der Waals surface area contributed by atoms with Gasteiger partial charge in [-0.25, -0.2) is 0 Å². The average molecular weight is 224 g/mol. The van der Waals surface area contributed by atoms with Crippen LogP contribution in [0.25, 0.3) is 0 Å². The molecule has 3 atom stereocenters. The molecule has 0 N–H and O–H groups in total. The molecule has 3 unspecified atom stereocenters. The molecule has 3 rings (SSSR count). The van der Waals surface area contributed by atoms with Gasteiger partial charge >= 0.3 is 0 Å². The largest absolute Gasteiger partial charge is 0.352 e. The zero-order valence-electron chi connectivity index (χ0n) is 11.0. The molecule has 0 amide bonds. The summed E-state index contributed by atoms with van der Waals surface area (Å²) in [5.74, 6) is 2.50. The highest BCUT2D eigenvalue weighted by Crippen LogP contribution is 2.72. The maximum absolute atomic E-state index is 5.81. The van der Waals surface area contributed by atoms with Crippen molar-refractivity contribution in [3.63, 3.8) is 0 Å². The van der Waals surface area contributed by atoms with Crippen LogP contribution in [0.15, 0.2) is 0 Å². The minimum absolute atomic E-state index is 0.0000591. The Kier molecular flexibility index (Phi) is 2.23. The van der Waals surface area contributed by atoms with E-state index in [1.807, 2.05) is 6.92 Å². The van der Waals surface area contributed by atoms with Gasteiger partial charge in [0, 0.05) is 5.41 Å². The second kappa shape index (κ2) is 3.23. The highest BCUT2D eigenvalue weighted by atomic mass is 16.7. The molecule has 2 nitrogen and oxygen atoms in total. The lowest BCUT2D eigenvalue weighted by Gasteiger charge is -2.46. The predicted molar refractivity (Wildman–Crippen MR) is 63.0 cm³/mol. The van der Waals surface area contributed by atoms with Gasteiger partial charge in [-0.15, -0.1) is 0 Å². The molecule has 0 aromatic heterocycles. The van der Waals surface area contributed by atoms with Gasteiger partial charge < -0.3 is 9.47 Å². The van der Waals surface area contributed by atoms with Crippen LogP contribution < -0.4 is 0 Å². The molecular formula is C14H24O2. The lowest BCUT2D eigenvalue weighted by atomic mass is 9.66. The summed E-state index contributed by atoms with van der Waals surface area (Å²) in [4.78, 5) is 0. The van der Waals surface area contributed by atoms with Gasteiger partial charge in [0.25, 0.3) is 0 Å². The maximum atomic E-state index is 5.81. The van der Waals surface area contributed by atoms with Crippen LogP contribution in [0.2, 0.25) is 0 Å². The van der Waals surface area contributed by atoms with Gasteiger partial charge in [0.15, 0.2) is 6.29 Å². The van der Waals surface area contributed by atoms with E-state index in [-0.39, 0.29) is 6.29 Å². The van der Waals surface area contributed by atoms with Crippen LogP contribution in [-0.4, -0.2) is 19.5 Å². The van der Waals surface area contributed by atoms with Crippen molar-refractivity contribution in [3.8, 4) is 0 Å². The first kappa shape index (κ1) is 11.0. The third kappa shape index (κ3) is 1.26. The van der Waals surface area contributed by atoms with Gasteiger partial charge in [-0.2, -0.15) is 0 Å². The molecule has 1 heterocycles. The maximum Gasteiger partial charge on any atom is 0.154 e. The van der Waals surface area contributed by atoms with Crippen LogP contribution in [0.4, 0.5) is 0 Å². The van der Waals surface area contributed by atoms with Crippen molar-refractivity contribution in [1.82, 2.24) is 0 Å². The Balaban J connectivity index is 1.86. The predicted octanol–water partition coefficient (Wildman–Crippen LogP) is 3.07. The van der Waals surface area contributed by atoms with Gasteiger partial charge in [-0.3, -0.25) is 0 Å². The van der Waals surface area contributed by atoms with E-state index in [0.29, 0.717) is 10.8 Å². The minimum atomic E-state index is 0.0000591. The summed E-state index contributed by atoms with van der Waals surface area (Å²) >= 11 is 0. The standard InChI is InChI=1S/C14H24O2/c1-9-5-6-11-12(13(11,3)4)14(9)7-15-10(2)16-8-14/h9-12H,5-8H2,1-4H3. The Labute approximate surface area is 98.7 Å². The van der Waals surface area contributed by atoms with Gasteiger partial charge in [-0.1, -0.05) is 20.8 Å². The molecular weight excluding hydrogens is 200 g/mol. The molecule has 2 saturated carbocycles. The smallest absolute Gasteiger partial charge is 0.154 e. The second-order valence-corrected chi connectivity index (χ2v) is 6.81. The Morgan fingerprint density at radius 2 is 1.62 bits per heavy atom. The van der Waals surface area contributed by atoms with Crippen molar-refractivity contribution >= 4 is 0 Å². The number of hydrogen-bond donors (Lipinski definition) is 0. The zero-order chi connectivity index (χ0) is 11.6. The molecule has 1 aliphatic heterocycles. The van der Waals surface area contributed by atoms with Crippen LogP contribution >= 0.6 is 0 Å². The third-order valence-corrected chi connectivity index (χ3v) is 5.74. The number of ether oxygens (including phenoxy) is 2. The summed E-state index contributed by atoms with van der Waals surface area (Å²) in [6.45, 7) is 11.1. The lowest BCUT2D eigenvalue weighted by molar-refractivity contribution is -0.244. The zero-order valence-corrected chi connectivity index (χ0v) is 11.0.